The van der Waals surface area contributed by atoms with Crippen molar-refractivity contribution in [3.8, 4) is 17.0 Å². The number of benzene rings is 1. The van der Waals surface area contributed by atoms with Crippen LogP contribution in [-0.2, 0) is 0 Å². The van der Waals surface area contributed by atoms with Gasteiger partial charge < -0.3 is 19.6 Å². The number of anilines is 1. The quantitative estimate of drug-likeness (QED) is 0.682. The predicted octanol–water partition coefficient (Wildman–Crippen LogP) is 1.94. The van der Waals surface area contributed by atoms with Crippen LogP contribution in [0, 0.1) is 5.41 Å². The van der Waals surface area contributed by atoms with Crippen LogP contribution in [-0.4, -0.2) is 77.3 Å². The molecule has 3 heterocycles. The van der Waals surface area contributed by atoms with Crippen molar-refractivity contribution in [3.05, 3.63) is 36.7 Å². The van der Waals surface area contributed by atoms with Gasteiger partial charge in [0.1, 0.15) is 12.1 Å². The zero-order valence-corrected chi connectivity index (χ0v) is 17.2. The van der Waals surface area contributed by atoms with E-state index in [9.17, 15) is 5.11 Å². The number of aliphatic hydroxyl groups is 1. The third-order valence-corrected chi connectivity index (χ3v) is 5.79. The number of hydrogen-bond donors (Lipinski definition) is 1. The van der Waals surface area contributed by atoms with E-state index < -0.39 is 0 Å². The van der Waals surface area contributed by atoms with Gasteiger partial charge in [-0.3, -0.25) is 0 Å². The Morgan fingerprint density at radius 1 is 1.17 bits per heavy atom. The van der Waals surface area contributed by atoms with Crippen molar-refractivity contribution in [2.24, 2.45) is 5.41 Å². The summed E-state index contributed by atoms with van der Waals surface area (Å²) in [4.78, 5) is 4.50. The van der Waals surface area contributed by atoms with E-state index in [1.54, 1.807) is 18.0 Å². The minimum absolute atomic E-state index is 0.0458. The Kier molecular flexibility index (Phi) is 5.38. The second-order valence-electron chi connectivity index (χ2n) is 8.13. The average molecular weight is 396 g/mol. The van der Waals surface area contributed by atoms with Crippen molar-refractivity contribution in [1.29, 1.82) is 0 Å². The number of ether oxygens (including phenoxy) is 1. The number of aromatic nitrogens is 4. The lowest BCUT2D eigenvalue weighted by Gasteiger charge is -2.43. The van der Waals surface area contributed by atoms with E-state index in [0.717, 1.165) is 60.8 Å². The molecule has 0 aliphatic carbocycles. The van der Waals surface area contributed by atoms with Gasteiger partial charge in [0.05, 0.1) is 25.1 Å². The lowest BCUT2D eigenvalue weighted by molar-refractivity contribution is 0.0677. The van der Waals surface area contributed by atoms with E-state index in [1.165, 1.54) is 0 Å². The molecular weight excluding hydrogens is 368 g/mol. The van der Waals surface area contributed by atoms with Crippen molar-refractivity contribution in [2.75, 3.05) is 52.3 Å². The van der Waals surface area contributed by atoms with Crippen LogP contribution in [0.25, 0.3) is 16.9 Å². The normalized spacial score (nSPS) is 16.5. The van der Waals surface area contributed by atoms with Crippen molar-refractivity contribution in [1.82, 2.24) is 24.7 Å². The maximum absolute atomic E-state index is 10.0. The summed E-state index contributed by atoms with van der Waals surface area (Å²) < 4.78 is 7.00. The minimum atomic E-state index is -0.0458. The number of fused-ring (bicyclic) bond motifs is 1. The summed E-state index contributed by atoms with van der Waals surface area (Å²) >= 11 is 0. The van der Waals surface area contributed by atoms with Crippen LogP contribution >= 0.6 is 0 Å². The smallest absolute Gasteiger partial charge is 0.200 e. The molecule has 29 heavy (non-hydrogen) atoms. The molecule has 1 aliphatic rings. The van der Waals surface area contributed by atoms with E-state index in [0.29, 0.717) is 0 Å². The monoisotopic (exact) mass is 396 g/mol. The van der Waals surface area contributed by atoms with Crippen molar-refractivity contribution in [3.63, 3.8) is 0 Å². The number of rotatable bonds is 6. The molecule has 1 fully saturated rings. The molecule has 0 atom stereocenters. The fraction of sp³-hybridized carbons (Fsp3) is 0.476. The number of hydrogen-bond acceptors (Lipinski definition) is 7. The van der Waals surface area contributed by atoms with Crippen LogP contribution < -0.4 is 9.64 Å². The Morgan fingerprint density at radius 3 is 2.52 bits per heavy atom. The Balaban J connectivity index is 1.64. The summed E-state index contributed by atoms with van der Waals surface area (Å²) in [5.74, 6) is 0.816. The summed E-state index contributed by atoms with van der Waals surface area (Å²) in [5, 5.41) is 23.1. The second-order valence-corrected chi connectivity index (χ2v) is 8.13. The van der Waals surface area contributed by atoms with Crippen LogP contribution in [0.2, 0.25) is 0 Å². The lowest BCUT2D eigenvalue weighted by atomic mass is 9.78. The second kappa shape index (κ2) is 7.96. The van der Waals surface area contributed by atoms with Gasteiger partial charge in [-0.15, -0.1) is 10.2 Å². The molecule has 0 saturated carbocycles. The molecule has 4 rings (SSSR count). The van der Waals surface area contributed by atoms with Gasteiger partial charge >= 0.3 is 0 Å². The van der Waals surface area contributed by atoms with Crippen LogP contribution in [0.15, 0.2) is 36.7 Å². The van der Waals surface area contributed by atoms with E-state index in [1.807, 2.05) is 24.3 Å². The molecule has 8 heteroatoms. The predicted molar refractivity (Wildman–Crippen MR) is 112 cm³/mol. The molecule has 0 radical (unpaired) electrons. The highest BCUT2D eigenvalue weighted by Crippen LogP contribution is 2.35. The van der Waals surface area contributed by atoms with Gasteiger partial charge in [-0.1, -0.05) is 0 Å². The van der Waals surface area contributed by atoms with Gasteiger partial charge in [0.15, 0.2) is 0 Å². The highest BCUT2D eigenvalue weighted by molar-refractivity contribution is 5.74. The maximum atomic E-state index is 10.0. The molecule has 1 aliphatic heterocycles. The van der Waals surface area contributed by atoms with Crippen LogP contribution in [0.1, 0.15) is 12.8 Å². The number of piperidine rings is 1. The Morgan fingerprint density at radius 2 is 1.90 bits per heavy atom. The molecule has 1 aromatic carbocycles. The fourth-order valence-electron chi connectivity index (χ4n) is 4.21. The van der Waals surface area contributed by atoms with Crippen LogP contribution in [0.4, 0.5) is 5.69 Å². The Labute approximate surface area is 170 Å². The molecule has 154 valence electrons. The molecule has 2 aromatic heterocycles. The SMILES string of the molecule is COc1ccc(-c2cc(N3CCC(CO)(CN(C)C)CC3)c3nncn3n2)cc1. The zero-order valence-electron chi connectivity index (χ0n) is 17.2. The first-order valence-corrected chi connectivity index (χ1v) is 9.90. The van der Waals surface area contributed by atoms with E-state index in [-0.39, 0.29) is 12.0 Å². The van der Waals surface area contributed by atoms with Crippen LogP contribution in [0.3, 0.4) is 0 Å². The molecular formula is C21H28N6O2. The molecule has 3 aromatic rings. The molecule has 8 nitrogen and oxygen atoms in total. The molecule has 1 saturated heterocycles. The maximum Gasteiger partial charge on any atom is 0.200 e. The molecule has 1 N–H and O–H groups in total. The summed E-state index contributed by atoms with van der Waals surface area (Å²) in [7, 11) is 5.79. The molecule has 0 amide bonds. The standard InChI is InChI=1S/C21H28N6O2/c1-25(2)13-21(14-28)8-10-26(11-9-21)19-12-18(24-27-15-22-23-20(19)27)16-4-6-17(29-3)7-5-16/h4-7,12,15,28H,8-11,13-14H2,1-3H3. The number of methoxy groups -OCH3 is 1. The summed E-state index contributed by atoms with van der Waals surface area (Å²) in [6.07, 6.45) is 3.50. The highest BCUT2D eigenvalue weighted by atomic mass is 16.5. The highest BCUT2D eigenvalue weighted by Gasteiger charge is 2.35. The van der Waals surface area contributed by atoms with Crippen LogP contribution in [0.5, 0.6) is 5.75 Å². The third kappa shape index (κ3) is 3.90. The van der Waals surface area contributed by atoms with E-state index in [2.05, 4.69) is 45.3 Å². The number of nitrogens with zero attached hydrogens (tertiary/aromatic N) is 6. The molecule has 0 spiro atoms. The van der Waals surface area contributed by atoms with Gasteiger partial charge in [0.2, 0.25) is 5.65 Å². The zero-order chi connectivity index (χ0) is 20.4. The van der Waals surface area contributed by atoms with Gasteiger partial charge in [0, 0.05) is 30.6 Å². The summed E-state index contributed by atoms with van der Waals surface area (Å²) in [6, 6.07) is 9.97. The first kappa shape index (κ1) is 19.6. The first-order chi connectivity index (χ1) is 14.0. The van der Waals surface area contributed by atoms with Crippen molar-refractivity contribution in [2.45, 2.75) is 12.8 Å². The van der Waals surface area contributed by atoms with Gasteiger partial charge in [-0.25, -0.2) is 0 Å². The minimum Gasteiger partial charge on any atom is -0.497 e. The van der Waals surface area contributed by atoms with Crippen molar-refractivity contribution >= 4 is 11.3 Å². The third-order valence-electron chi connectivity index (χ3n) is 5.79. The lowest BCUT2D eigenvalue weighted by Crippen LogP contribution is -2.47. The largest absolute Gasteiger partial charge is 0.497 e. The van der Waals surface area contributed by atoms with Gasteiger partial charge in [-0.05, 0) is 57.3 Å². The average Bonchev–Trinajstić information content (AvgIpc) is 3.22. The fourth-order valence-corrected chi connectivity index (χ4v) is 4.21. The van der Waals surface area contributed by atoms with Crippen molar-refractivity contribution < 1.29 is 9.84 Å². The summed E-state index contributed by atoms with van der Waals surface area (Å²) in [5.41, 5.74) is 3.61. The first-order valence-electron chi connectivity index (χ1n) is 9.90. The molecule has 0 unspecified atom stereocenters. The van der Waals surface area contributed by atoms with Gasteiger partial charge in [0.25, 0.3) is 0 Å². The topological polar surface area (TPSA) is 79.0 Å². The van der Waals surface area contributed by atoms with E-state index in [4.69, 9.17) is 4.74 Å². The Hall–Kier alpha value is -2.71. The number of aliphatic hydroxyl groups excluding tert-OH is 1. The van der Waals surface area contributed by atoms with E-state index >= 15 is 0 Å². The summed E-state index contributed by atoms with van der Waals surface area (Å²) in [6.45, 7) is 2.84. The van der Waals surface area contributed by atoms with Gasteiger partial charge in [-0.2, -0.15) is 9.61 Å². The Bertz CT molecular complexity index is 961. The molecule has 0 bridgehead atoms.